The zero-order valence-corrected chi connectivity index (χ0v) is 15.5. The van der Waals surface area contributed by atoms with Gasteiger partial charge in [0.25, 0.3) is 5.91 Å². The van der Waals surface area contributed by atoms with Crippen LogP contribution in [-0.4, -0.2) is 22.2 Å². The zero-order valence-electron chi connectivity index (χ0n) is 13.4. The summed E-state index contributed by atoms with van der Waals surface area (Å²) in [5, 5.41) is 7.52. The van der Waals surface area contributed by atoms with Crippen molar-refractivity contribution in [1.29, 1.82) is 0 Å². The molecule has 4 nitrogen and oxygen atoms in total. The molecule has 0 spiro atoms. The second-order valence-electron chi connectivity index (χ2n) is 5.53. The van der Waals surface area contributed by atoms with Crippen molar-refractivity contribution >= 4 is 28.5 Å². The van der Waals surface area contributed by atoms with E-state index in [-0.39, 0.29) is 5.91 Å². The Kier molecular flexibility index (Phi) is 5.30. The van der Waals surface area contributed by atoms with Crippen LogP contribution in [-0.2, 0) is 6.42 Å². The molecular formula is C19H18IN3O. The first-order chi connectivity index (χ1) is 11.6. The minimum atomic E-state index is -0.0365. The smallest absolute Gasteiger partial charge is 0.252 e. The number of rotatable bonds is 5. The molecule has 24 heavy (non-hydrogen) atoms. The number of halogens is 1. The highest BCUT2D eigenvalue weighted by Gasteiger charge is 2.11. The van der Waals surface area contributed by atoms with Crippen molar-refractivity contribution in [2.75, 3.05) is 6.54 Å². The summed E-state index contributed by atoms with van der Waals surface area (Å²) in [5.74, 6) is -0.0365. The lowest BCUT2D eigenvalue weighted by Crippen LogP contribution is -2.26. The quantitative estimate of drug-likeness (QED) is 0.626. The Balaban J connectivity index is 1.58. The van der Waals surface area contributed by atoms with Gasteiger partial charge in [0, 0.05) is 22.7 Å². The molecule has 122 valence electrons. The molecule has 0 saturated carbocycles. The Morgan fingerprint density at radius 2 is 1.92 bits per heavy atom. The summed E-state index contributed by atoms with van der Waals surface area (Å²) in [7, 11) is 0. The maximum Gasteiger partial charge on any atom is 0.252 e. The Labute approximate surface area is 155 Å². The van der Waals surface area contributed by atoms with E-state index in [4.69, 9.17) is 0 Å². The number of benzene rings is 2. The molecule has 1 N–H and O–H groups in total. The summed E-state index contributed by atoms with van der Waals surface area (Å²) in [5.41, 5.74) is 3.83. The van der Waals surface area contributed by atoms with Gasteiger partial charge < -0.3 is 5.32 Å². The van der Waals surface area contributed by atoms with Gasteiger partial charge in [0.15, 0.2) is 0 Å². The Hall–Kier alpha value is -2.15. The number of aryl methyl sites for hydroxylation is 1. The van der Waals surface area contributed by atoms with Gasteiger partial charge >= 0.3 is 0 Å². The topological polar surface area (TPSA) is 46.9 Å². The van der Waals surface area contributed by atoms with E-state index in [9.17, 15) is 4.79 Å². The number of carbonyl (C=O) groups excluding carboxylic acids is 1. The van der Waals surface area contributed by atoms with Crippen LogP contribution in [0.2, 0.25) is 0 Å². The van der Waals surface area contributed by atoms with E-state index < -0.39 is 0 Å². The number of amides is 1. The van der Waals surface area contributed by atoms with Gasteiger partial charge in [-0.2, -0.15) is 5.10 Å². The zero-order chi connectivity index (χ0) is 16.9. The van der Waals surface area contributed by atoms with Crippen LogP contribution >= 0.6 is 22.6 Å². The lowest BCUT2D eigenvalue weighted by Gasteiger charge is -2.08. The van der Waals surface area contributed by atoms with Crippen LogP contribution in [0.25, 0.3) is 5.69 Å². The molecular weight excluding hydrogens is 413 g/mol. The first-order valence-electron chi connectivity index (χ1n) is 7.78. The van der Waals surface area contributed by atoms with Gasteiger partial charge in [0.1, 0.15) is 0 Å². The molecule has 1 aromatic heterocycles. The molecule has 0 unspecified atom stereocenters. The van der Waals surface area contributed by atoms with Crippen molar-refractivity contribution in [2.24, 2.45) is 0 Å². The van der Waals surface area contributed by atoms with Crippen LogP contribution in [0.5, 0.6) is 0 Å². The monoisotopic (exact) mass is 431 g/mol. The SMILES string of the molecule is Cc1cccc(C(=O)NCCc2ccn(-c3ccccc3)n2)c1I. The lowest BCUT2D eigenvalue weighted by molar-refractivity contribution is 0.0953. The van der Waals surface area contributed by atoms with Gasteiger partial charge in [0.05, 0.1) is 16.9 Å². The molecule has 0 aliphatic rings. The predicted molar refractivity (Wildman–Crippen MR) is 103 cm³/mol. The number of hydrogen-bond donors (Lipinski definition) is 1. The first-order valence-corrected chi connectivity index (χ1v) is 8.86. The van der Waals surface area contributed by atoms with E-state index in [1.165, 1.54) is 0 Å². The number of aromatic nitrogens is 2. The summed E-state index contributed by atoms with van der Waals surface area (Å²) in [6.45, 7) is 2.57. The van der Waals surface area contributed by atoms with E-state index in [1.807, 2.05) is 72.4 Å². The number of carbonyl (C=O) groups is 1. The average molecular weight is 431 g/mol. The van der Waals surface area contributed by atoms with E-state index in [0.717, 1.165) is 26.1 Å². The molecule has 0 saturated heterocycles. The van der Waals surface area contributed by atoms with Gasteiger partial charge in [-0.15, -0.1) is 0 Å². The number of para-hydroxylation sites is 1. The number of hydrogen-bond acceptors (Lipinski definition) is 2. The van der Waals surface area contributed by atoms with Crippen molar-refractivity contribution in [3.8, 4) is 5.69 Å². The highest BCUT2D eigenvalue weighted by atomic mass is 127. The van der Waals surface area contributed by atoms with E-state index in [1.54, 1.807) is 0 Å². The largest absolute Gasteiger partial charge is 0.352 e. The fourth-order valence-electron chi connectivity index (χ4n) is 2.44. The Morgan fingerprint density at radius 1 is 1.12 bits per heavy atom. The molecule has 0 bridgehead atoms. The van der Waals surface area contributed by atoms with E-state index >= 15 is 0 Å². The van der Waals surface area contributed by atoms with Crippen LogP contribution in [0.4, 0.5) is 0 Å². The molecule has 5 heteroatoms. The van der Waals surface area contributed by atoms with Gasteiger partial charge in [-0.1, -0.05) is 30.3 Å². The van der Waals surface area contributed by atoms with Crippen molar-refractivity contribution in [1.82, 2.24) is 15.1 Å². The molecule has 1 amide bonds. The highest BCUT2D eigenvalue weighted by Crippen LogP contribution is 2.16. The van der Waals surface area contributed by atoms with Gasteiger partial charge in [-0.05, 0) is 59.3 Å². The molecule has 2 aromatic carbocycles. The Bertz CT molecular complexity index is 843. The molecule has 3 aromatic rings. The third kappa shape index (κ3) is 3.84. The van der Waals surface area contributed by atoms with E-state index in [0.29, 0.717) is 13.0 Å². The van der Waals surface area contributed by atoms with Crippen LogP contribution in [0.1, 0.15) is 21.6 Å². The second kappa shape index (κ2) is 7.61. The van der Waals surface area contributed by atoms with Gasteiger partial charge in [0.2, 0.25) is 0 Å². The normalized spacial score (nSPS) is 10.6. The molecule has 0 radical (unpaired) electrons. The summed E-state index contributed by atoms with van der Waals surface area (Å²) < 4.78 is 2.85. The van der Waals surface area contributed by atoms with Crippen LogP contribution < -0.4 is 5.32 Å². The third-order valence-corrected chi connectivity index (χ3v) is 5.20. The minimum absolute atomic E-state index is 0.0365. The van der Waals surface area contributed by atoms with Crippen molar-refractivity contribution < 1.29 is 4.79 Å². The fourth-order valence-corrected chi connectivity index (χ4v) is 3.05. The second-order valence-corrected chi connectivity index (χ2v) is 6.61. The van der Waals surface area contributed by atoms with Gasteiger partial charge in [-0.3, -0.25) is 4.79 Å². The minimum Gasteiger partial charge on any atom is -0.352 e. The predicted octanol–water partition coefficient (Wildman–Crippen LogP) is 3.76. The van der Waals surface area contributed by atoms with Crippen LogP contribution in [0.15, 0.2) is 60.8 Å². The van der Waals surface area contributed by atoms with Crippen molar-refractivity contribution in [3.63, 3.8) is 0 Å². The molecule has 3 rings (SSSR count). The third-order valence-electron chi connectivity index (χ3n) is 3.77. The molecule has 0 aliphatic carbocycles. The van der Waals surface area contributed by atoms with Gasteiger partial charge in [-0.25, -0.2) is 4.68 Å². The lowest BCUT2D eigenvalue weighted by atomic mass is 10.1. The molecule has 0 fully saturated rings. The summed E-state index contributed by atoms with van der Waals surface area (Å²) in [6, 6.07) is 17.7. The highest BCUT2D eigenvalue weighted by molar-refractivity contribution is 14.1. The number of nitrogens with one attached hydrogen (secondary N) is 1. The summed E-state index contributed by atoms with van der Waals surface area (Å²) >= 11 is 2.22. The fraction of sp³-hybridized carbons (Fsp3) is 0.158. The first kappa shape index (κ1) is 16.7. The number of nitrogens with zero attached hydrogens (tertiary/aromatic N) is 2. The maximum atomic E-state index is 12.3. The van der Waals surface area contributed by atoms with Crippen molar-refractivity contribution in [2.45, 2.75) is 13.3 Å². The molecule has 1 heterocycles. The average Bonchev–Trinajstić information content (AvgIpc) is 3.07. The van der Waals surface area contributed by atoms with Crippen molar-refractivity contribution in [3.05, 3.63) is 81.2 Å². The maximum absolute atomic E-state index is 12.3. The summed E-state index contributed by atoms with van der Waals surface area (Å²) in [6.07, 6.45) is 2.64. The Morgan fingerprint density at radius 3 is 2.71 bits per heavy atom. The molecule has 0 aliphatic heterocycles. The standard InChI is InChI=1S/C19H18IN3O/c1-14-6-5-9-17(18(14)20)19(24)21-12-10-15-11-13-23(22-15)16-7-3-2-4-8-16/h2-9,11,13H,10,12H2,1H3,(H,21,24). The summed E-state index contributed by atoms with van der Waals surface area (Å²) in [4.78, 5) is 12.3. The van der Waals surface area contributed by atoms with Crippen LogP contribution in [0.3, 0.4) is 0 Å². The van der Waals surface area contributed by atoms with E-state index in [2.05, 4.69) is 33.0 Å². The molecule has 0 atom stereocenters. The van der Waals surface area contributed by atoms with Crippen LogP contribution in [0, 0.1) is 10.5 Å².